The molecule has 0 aliphatic rings. The van der Waals surface area contributed by atoms with Crippen LogP contribution in [-0.2, 0) is 18.1 Å². The van der Waals surface area contributed by atoms with Gasteiger partial charge < -0.3 is 0 Å². The van der Waals surface area contributed by atoms with Gasteiger partial charge in [-0.25, -0.2) is 30.9 Å². The molecule has 230 valence electrons. The van der Waals surface area contributed by atoms with Crippen LogP contribution in [0.15, 0.2) is 0 Å². The molecular formula is C18H24F15O4P. The summed E-state index contributed by atoms with van der Waals surface area (Å²) in [6.07, 6.45) is -30.5. The molecule has 0 atom stereocenters. The highest BCUT2D eigenvalue weighted by Crippen LogP contribution is 2.51. The van der Waals surface area contributed by atoms with E-state index in [1.165, 1.54) is 0 Å². The molecule has 0 bridgehead atoms. The average Bonchev–Trinajstić information content (AvgIpc) is 2.68. The molecule has 4 nitrogen and oxygen atoms in total. The van der Waals surface area contributed by atoms with E-state index in [2.05, 4.69) is 13.6 Å². The summed E-state index contributed by atoms with van der Waals surface area (Å²) in [6.45, 7) is -4.22. The molecule has 0 heterocycles. The van der Waals surface area contributed by atoms with Crippen molar-refractivity contribution in [3.05, 3.63) is 0 Å². The summed E-state index contributed by atoms with van der Waals surface area (Å²) in [7, 11) is -5.30. The molecule has 0 spiro atoms. The minimum Gasteiger partial charge on any atom is -0.287 e. The van der Waals surface area contributed by atoms with Gasteiger partial charge in [0.2, 0.25) is 0 Å². The van der Waals surface area contributed by atoms with Crippen molar-refractivity contribution < 1.29 is 84.0 Å². The summed E-state index contributed by atoms with van der Waals surface area (Å²) >= 11 is 0. The number of hydrogen-bond donors (Lipinski definition) is 0. The zero-order valence-corrected chi connectivity index (χ0v) is 20.1. The predicted octanol–water partition coefficient (Wildman–Crippen LogP) is 9.25. The van der Waals surface area contributed by atoms with Gasteiger partial charge in [0.25, 0.3) is 17.8 Å². The number of alkyl halides is 15. The minimum atomic E-state index is -5.30. The van der Waals surface area contributed by atoms with E-state index in [9.17, 15) is 70.4 Å². The molecule has 0 saturated heterocycles. The lowest BCUT2D eigenvalue weighted by Crippen LogP contribution is -2.24. The van der Waals surface area contributed by atoms with Gasteiger partial charge in [0.1, 0.15) is 0 Å². The van der Waals surface area contributed by atoms with Crippen LogP contribution in [0, 0.1) is 0 Å². The quantitative estimate of drug-likeness (QED) is 0.113. The van der Waals surface area contributed by atoms with Crippen LogP contribution in [0.2, 0.25) is 0 Å². The molecule has 38 heavy (non-hydrogen) atoms. The Kier molecular flexibility index (Phi) is 13.8. The normalized spacial score (nSPS) is 14.8. The fourth-order valence-corrected chi connectivity index (χ4v) is 3.55. The van der Waals surface area contributed by atoms with Gasteiger partial charge in [0.15, 0.2) is 0 Å². The first kappa shape index (κ1) is 37.1. The van der Waals surface area contributed by atoms with Crippen molar-refractivity contribution in [1.82, 2.24) is 0 Å². The van der Waals surface area contributed by atoms with E-state index < -0.39 is 122 Å². The number of halogens is 15. The molecule has 20 heteroatoms. The van der Waals surface area contributed by atoms with E-state index in [1.54, 1.807) is 0 Å². The van der Waals surface area contributed by atoms with Crippen molar-refractivity contribution in [2.75, 3.05) is 19.8 Å². The Morgan fingerprint density at radius 2 is 0.579 bits per heavy atom. The molecular weight excluding hydrogens is 596 g/mol. The zero-order chi connectivity index (χ0) is 30.1. The van der Waals surface area contributed by atoms with Crippen molar-refractivity contribution in [3.8, 4) is 0 Å². The SMILES string of the molecule is O=P(OCCC(F)(F)CCC(F)(F)F)(OCCC(F)(F)CCC(F)(F)F)OCCC(F)(F)CCC(F)(F)F. The highest BCUT2D eigenvalue weighted by molar-refractivity contribution is 7.48. The third kappa shape index (κ3) is 21.0. The number of hydrogen-bond acceptors (Lipinski definition) is 4. The van der Waals surface area contributed by atoms with Gasteiger partial charge in [-0.2, -0.15) is 39.5 Å². The first-order valence-electron chi connectivity index (χ1n) is 10.6. The van der Waals surface area contributed by atoms with Gasteiger partial charge >= 0.3 is 26.4 Å². The predicted molar refractivity (Wildman–Crippen MR) is 100 cm³/mol. The maximum Gasteiger partial charge on any atom is 0.474 e. The molecule has 0 aromatic heterocycles. The fourth-order valence-electron chi connectivity index (χ4n) is 2.38. The van der Waals surface area contributed by atoms with Crippen LogP contribution >= 0.6 is 7.82 Å². The molecule has 0 aliphatic heterocycles. The van der Waals surface area contributed by atoms with Gasteiger partial charge in [-0.05, 0) is 0 Å². The van der Waals surface area contributed by atoms with E-state index in [4.69, 9.17) is 0 Å². The maximum atomic E-state index is 13.6. The molecule has 0 saturated carbocycles. The molecule has 0 rings (SSSR count). The lowest BCUT2D eigenvalue weighted by molar-refractivity contribution is -0.153. The Balaban J connectivity index is 5.13. The second-order valence-corrected chi connectivity index (χ2v) is 9.78. The molecule has 0 aliphatic carbocycles. The molecule has 0 aromatic rings. The summed E-state index contributed by atoms with van der Waals surface area (Å²) in [5, 5.41) is 0. The average molecular weight is 620 g/mol. The Labute approximate surface area is 206 Å². The van der Waals surface area contributed by atoms with Crippen molar-refractivity contribution in [1.29, 1.82) is 0 Å². The van der Waals surface area contributed by atoms with Crippen LogP contribution in [0.25, 0.3) is 0 Å². The van der Waals surface area contributed by atoms with Crippen LogP contribution < -0.4 is 0 Å². The van der Waals surface area contributed by atoms with E-state index in [-0.39, 0.29) is 0 Å². The first-order chi connectivity index (χ1) is 16.7. The minimum absolute atomic E-state index is 1.41. The first-order valence-corrected chi connectivity index (χ1v) is 12.1. The maximum absolute atomic E-state index is 13.6. The number of phosphoric ester groups is 1. The van der Waals surface area contributed by atoms with E-state index in [0.717, 1.165) is 0 Å². The van der Waals surface area contributed by atoms with Crippen LogP contribution in [0.3, 0.4) is 0 Å². The zero-order valence-electron chi connectivity index (χ0n) is 19.2. The van der Waals surface area contributed by atoms with Crippen LogP contribution in [0.4, 0.5) is 65.9 Å². The summed E-state index contributed by atoms with van der Waals surface area (Å²) in [6, 6.07) is 0. The monoisotopic (exact) mass is 620 g/mol. The smallest absolute Gasteiger partial charge is 0.287 e. The van der Waals surface area contributed by atoms with Gasteiger partial charge in [0.05, 0.1) is 19.8 Å². The van der Waals surface area contributed by atoms with Crippen molar-refractivity contribution >= 4 is 7.82 Å². The number of rotatable bonds is 18. The summed E-state index contributed by atoms with van der Waals surface area (Å²) in [5.41, 5.74) is 0. The Hall–Kier alpha value is -0.940. The molecule has 0 fully saturated rings. The van der Waals surface area contributed by atoms with Gasteiger partial charge in [0, 0.05) is 57.8 Å². The Morgan fingerprint density at radius 1 is 0.368 bits per heavy atom. The van der Waals surface area contributed by atoms with Crippen molar-refractivity contribution in [2.24, 2.45) is 0 Å². The summed E-state index contributed by atoms with van der Waals surface area (Å²) < 4.78 is 216. The summed E-state index contributed by atoms with van der Waals surface area (Å²) in [5.74, 6) is -12.2. The Morgan fingerprint density at radius 3 is 0.763 bits per heavy atom. The fraction of sp³-hybridized carbons (Fsp3) is 1.00. The van der Waals surface area contributed by atoms with Gasteiger partial charge in [-0.15, -0.1) is 0 Å². The Bertz CT molecular complexity index is 640. The standard InChI is InChI=1S/C18H24F15O4P/c19-13(20,1-4-16(25,26)27)7-10-35-38(34,36-11-8-14(21,22)2-5-17(28,29)30)37-12-9-15(23,24)3-6-18(31,32)33/h1-12H2. The third-order valence-electron chi connectivity index (χ3n) is 4.47. The van der Waals surface area contributed by atoms with Crippen LogP contribution in [-0.4, -0.2) is 56.1 Å². The second-order valence-electron chi connectivity index (χ2n) is 8.11. The molecule has 0 radical (unpaired) electrons. The molecule has 0 unspecified atom stereocenters. The van der Waals surface area contributed by atoms with E-state index in [0.29, 0.717) is 0 Å². The number of phosphoric acid groups is 1. The molecule has 0 amide bonds. The topological polar surface area (TPSA) is 44.8 Å². The van der Waals surface area contributed by atoms with E-state index in [1.807, 2.05) is 0 Å². The lowest BCUT2D eigenvalue weighted by atomic mass is 10.1. The van der Waals surface area contributed by atoms with Gasteiger partial charge in [-0.1, -0.05) is 0 Å². The molecule has 0 N–H and O–H groups in total. The van der Waals surface area contributed by atoms with Crippen LogP contribution in [0.5, 0.6) is 0 Å². The molecule has 0 aromatic carbocycles. The summed E-state index contributed by atoms with van der Waals surface area (Å²) in [4.78, 5) is 0. The highest BCUT2D eigenvalue weighted by atomic mass is 31.2. The van der Waals surface area contributed by atoms with Crippen LogP contribution in [0.1, 0.15) is 57.8 Å². The lowest BCUT2D eigenvalue weighted by Gasteiger charge is -2.23. The van der Waals surface area contributed by atoms with E-state index >= 15 is 0 Å². The van der Waals surface area contributed by atoms with Crippen molar-refractivity contribution in [3.63, 3.8) is 0 Å². The van der Waals surface area contributed by atoms with Gasteiger partial charge in [-0.3, -0.25) is 13.6 Å². The van der Waals surface area contributed by atoms with Crippen molar-refractivity contribution in [2.45, 2.75) is 94.1 Å². The highest BCUT2D eigenvalue weighted by Gasteiger charge is 2.41. The largest absolute Gasteiger partial charge is 0.474 e. The second kappa shape index (κ2) is 14.1. The third-order valence-corrected chi connectivity index (χ3v) is 5.97.